The van der Waals surface area contributed by atoms with Crippen molar-refractivity contribution < 1.29 is 19.1 Å². The minimum Gasteiger partial charge on any atom is -0.457 e. The summed E-state index contributed by atoms with van der Waals surface area (Å²) in [4.78, 5) is 28.6. The van der Waals surface area contributed by atoms with Gasteiger partial charge in [-0.15, -0.1) is 11.3 Å². The van der Waals surface area contributed by atoms with Gasteiger partial charge in [-0.05, 0) is 39.7 Å². The van der Waals surface area contributed by atoms with Gasteiger partial charge in [0.1, 0.15) is 0 Å². The molecule has 0 spiro atoms. The molecule has 0 N–H and O–H groups in total. The first-order chi connectivity index (χ1) is 12.4. The second-order valence-electron chi connectivity index (χ2n) is 6.65. The second-order valence-corrected chi connectivity index (χ2v) is 7.71. The number of ketones is 1. The van der Waals surface area contributed by atoms with Gasteiger partial charge >= 0.3 is 5.97 Å². The van der Waals surface area contributed by atoms with Gasteiger partial charge < -0.3 is 14.0 Å². The fraction of sp³-hybridized carbons (Fsp3) is 0.526. The molecule has 1 saturated heterocycles. The number of esters is 1. The van der Waals surface area contributed by atoms with Crippen molar-refractivity contribution in [3.63, 3.8) is 0 Å². The fourth-order valence-electron chi connectivity index (χ4n) is 3.27. The van der Waals surface area contributed by atoms with Gasteiger partial charge in [-0.2, -0.15) is 0 Å². The first kappa shape index (κ1) is 18.8. The van der Waals surface area contributed by atoms with Crippen LogP contribution in [-0.2, 0) is 27.2 Å². The number of aryl methyl sites for hydroxylation is 2. The molecule has 2 aromatic heterocycles. The summed E-state index contributed by atoms with van der Waals surface area (Å²) in [7, 11) is 0. The number of nitrogens with zero attached hydrogens (tertiary/aromatic N) is 2. The Morgan fingerprint density at radius 2 is 2.19 bits per heavy atom. The third-order valence-electron chi connectivity index (χ3n) is 4.64. The van der Waals surface area contributed by atoms with Crippen molar-refractivity contribution in [1.82, 2.24) is 9.55 Å². The summed E-state index contributed by atoms with van der Waals surface area (Å²) in [6.07, 6.45) is 2.44. The molecule has 3 rings (SSSR count). The van der Waals surface area contributed by atoms with Gasteiger partial charge in [0.15, 0.2) is 6.61 Å². The zero-order chi connectivity index (χ0) is 18.7. The van der Waals surface area contributed by atoms with Crippen LogP contribution < -0.4 is 0 Å². The predicted molar refractivity (Wildman–Crippen MR) is 98.7 cm³/mol. The second kappa shape index (κ2) is 8.14. The van der Waals surface area contributed by atoms with Crippen LogP contribution in [0.4, 0.5) is 0 Å². The summed E-state index contributed by atoms with van der Waals surface area (Å²) < 4.78 is 13.0. The molecule has 3 heterocycles. The van der Waals surface area contributed by atoms with Crippen molar-refractivity contribution in [2.45, 2.75) is 52.7 Å². The van der Waals surface area contributed by atoms with E-state index in [1.807, 2.05) is 32.2 Å². The molecule has 2 aromatic rings. The summed E-state index contributed by atoms with van der Waals surface area (Å²) in [5, 5.41) is 2.74. The van der Waals surface area contributed by atoms with Crippen molar-refractivity contribution in [1.29, 1.82) is 0 Å². The number of aromatic nitrogens is 2. The smallest absolute Gasteiger partial charge is 0.312 e. The van der Waals surface area contributed by atoms with Gasteiger partial charge in [0.05, 0.1) is 23.2 Å². The molecule has 6 nitrogen and oxygen atoms in total. The van der Waals surface area contributed by atoms with Gasteiger partial charge in [0, 0.05) is 35.5 Å². The van der Waals surface area contributed by atoms with E-state index >= 15 is 0 Å². The molecule has 0 radical (unpaired) electrons. The SMILES string of the molecule is Cc1nc(CC(=O)OCC(=O)c2cc(C)n(CC3CCCO3)c2C)cs1. The normalized spacial score (nSPS) is 16.8. The fourth-order valence-corrected chi connectivity index (χ4v) is 3.88. The highest BCUT2D eigenvalue weighted by Gasteiger charge is 2.21. The quantitative estimate of drug-likeness (QED) is 0.549. The summed E-state index contributed by atoms with van der Waals surface area (Å²) >= 11 is 1.49. The van der Waals surface area contributed by atoms with Crippen LogP contribution >= 0.6 is 11.3 Å². The van der Waals surface area contributed by atoms with E-state index in [1.54, 1.807) is 0 Å². The number of hydrogen-bond donors (Lipinski definition) is 0. The molecule has 0 bridgehead atoms. The van der Waals surface area contributed by atoms with E-state index in [9.17, 15) is 9.59 Å². The lowest BCUT2D eigenvalue weighted by atomic mass is 10.1. The van der Waals surface area contributed by atoms with E-state index in [1.165, 1.54) is 11.3 Å². The lowest BCUT2D eigenvalue weighted by Crippen LogP contribution is -2.18. The number of ether oxygens (including phenoxy) is 2. The maximum absolute atomic E-state index is 12.5. The molecular weight excluding hydrogens is 352 g/mol. The van der Waals surface area contributed by atoms with Crippen LogP contribution in [0.3, 0.4) is 0 Å². The molecule has 0 saturated carbocycles. The average molecular weight is 376 g/mol. The van der Waals surface area contributed by atoms with Crippen molar-refractivity contribution in [2.75, 3.05) is 13.2 Å². The zero-order valence-corrected chi connectivity index (χ0v) is 16.2. The standard InChI is InChI=1S/C19H24N2O4S/c1-12-7-17(13(2)21(12)9-16-5-4-6-24-16)18(22)10-25-19(23)8-15-11-26-14(3)20-15/h7,11,16H,4-6,8-10H2,1-3H3. The number of hydrogen-bond acceptors (Lipinski definition) is 6. The first-order valence-electron chi connectivity index (χ1n) is 8.82. The zero-order valence-electron chi connectivity index (χ0n) is 15.4. The summed E-state index contributed by atoms with van der Waals surface area (Å²) in [6.45, 7) is 7.12. The molecule has 140 valence electrons. The third-order valence-corrected chi connectivity index (χ3v) is 5.46. The van der Waals surface area contributed by atoms with Crippen LogP contribution in [0.5, 0.6) is 0 Å². The van der Waals surface area contributed by atoms with Crippen LogP contribution in [0.25, 0.3) is 0 Å². The number of carbonyl (C=O) groups excluding carboxylic acids is 2. The van der Waals surface area contributed by atoms with Gasteiger partial charge in [0.2, 0.25) is 5.78 Å². The molecule has 7 heteroatoms. The molecule has 1 aliphatic rings. The van der Waals surface area contributed by atoms with Crippen molar-refractivity contribution in [3.8, 4) is 0 Å². The number of rotatable bonds is 7. The third kappa shape index (κ3) is 4.40. The molecule has 26 heavy (non-hydrogen) atoms. The lowest BCUT2D eigenvalue weighted by Gasteiger charge is -2.14. The predicted octanol–water partition coefficient (Wildman–Crippen LogP) is 3.02. The highest BCUT2D eigenvalue weighted by molar-refractivity contribution is 7.09. The monoisotopic (exact) mass is 376 g/mol. The van der Waals surface area contributed by atoms with Crippen LogP contribution in [0.2, 0.25) is 0 Å². The van der Waals surface area contributed by atoms with E-state index in [0.717, 1.165) is 42.4 Å². The van der Waals surface area contributed by atoms with E-state index < -0.39 is 5.97 Å². The largest absolute Gasteiger partial charge is 0.457 e. The van der Waals surface area contributed by atoms with Gasteiger partial charge in [-0.25, -0.2) is 4.98 Å². The highest BCUT2D eigenvalue weighted by atomic mass is 32.1. The molecule has 1 fully saturated rings. The van der Waals surface area contributed by atoms with E-state index in [-0.39, 0.29) is 24.9 Å². The van der Waals surface area contributed by atoms with Crippen LogP contribution in [0, 0.1) is 20.8 Å². The number of thiazole rings is 1. The summed E-state index contributed by atoms with van der Waals surface area (Å²) in [6, 6.07) is 1.87. The lowest BCUT2D eigenvalue weighted by molar-refractivity contribution is -0.141. The number of carbonyl (C=O) groups is 2. The van der Waals surface area contributed by atoms with Crippen LogP contribution in [0.15, 0.2) is 11.4 Å². The summed E-state index contributed by atoms with van der Waals surface area (Å²) in [5.41, 5.74) is 3.21. The molecule has 0 amide bonds. The topological polar surface area (TPSA) is 70.4 Å². The molecule has 0 aromatic carbocycles. The minimum absolute atomic E-state index is 0.0929. The van der Waals surface area contributed by atoms with Gasteiger partial charge in [0.25, 0.3) is 0 Å². The van der Waals surface area contributed by atoms with E-state index in [2.05, 4.69) is 9.55 Å². The van der Waals surface area contributed by atoms with Crippen LogP contribution in [0.1, 0.15) is 45.3 Å². The Bertz CT molecular complexity index is 803. The Balaban J connectivity index is 1.58. The molecular formula is C19H24N2O4S. The van der Waals surface area contributed by atoms with Gasteiger partial charge in [-0.1, -0.05) is 0 Å². The molecule has 1 aliphatic heterocycles. The highest BCUT2D eigenvalue weighted by Crippen LogP contribution is 2.21. The maximum Gasteiger partial charge on any atom is 0.312 e. The number of Topliss-reactive ketones (excluding diaryl/α,β-unsaturated/α-hetero) is 1. The molecule has 1 atom stereocenters. The van der Waals surface area contributed by atoms with Crippen molar-refractivity contribution >= 4 is 23.1 Å². The van der Waals surface area contributed by atoms with E-state index in [4.69, 9.17) is 9.47 Å². The Labute approximate surface area is 157 Å². The minimum atomic E-state index is -0.434. The van der Waals surface area contributed by atoms with Crippen molar-refractivity contribution in [2.24, 2.45) is 0 Å². The molecule has 0 aliphatic carbocycles. The molecule has 1 unspecified atom stereocenters. The Kier molecular flexibility index (Phi) is 5.88. The van der Waals surface area contributed by atoms with E-state index in [0.29, 0.717) is 11.3 Å². The Morgan fingerprint density at radius 3 is 2.85 bits per heavy atom. The van der Waals surface area contributed by atoms with Crippen LogP contribution in [-0.4, -0.2) is 40.6 Å². The average Bonchev–Trinajstić information content (AvgIpc) is 3.31. The first-order valence-corrected chi connectivity index (χ1v) is 9.70. The summed E-state index contributed by atoms with van der Waals surface area (Å²) in [5.74, 6) is -0.615. The van der Waals surface area contributed by atoms with Gasteiger partial charge in [-0.3, -0.25) is 9.59 Å². The Morgan fingerprint density at radius 1 is 1.38 bits per heavy atom. The van der Waals surface area contributed by atoms with Crippen molar-refractivity contribution in [3.05, 3.63) is 39.1 Å². The Hall–Kier alpha value is -1.99. The maximum atomic E-state index is 12.5.